The number of carbonyl (C=O) groups excluding carboxylic acids is 1. The fourth-order valence-electron chi connectivity index (χ4n) is 2.25. The topological polar surface area (TPSA) is 116 Å². The van der Waals surface area contributed by atoms with Gasteiger partial charge in [0.05, 0.1) is 12.0 Å². The highest BCUT2D eigenvalue weighted by Crippen LogP contribution is 2.38. The molecule has 0 unspecified atom stereocenters. The van der Waals surface area contributed by atoms with Gasteiger partial charge in [0.1, 0.15) is 5.01 Å². The second-order valence-corrected chi connectivity index (χ2v) is 7.04. The van der Waals surface area contributed by atoms with E-state index in [1.54, 1.807) is 6.92 Å². The molecule has 0 spiro atoms. The molecule has 28 heavy (non-hydrogen) atoms. The Morgan fingerprint density at radius 2 is 1.93 bits per heavy atom. The molecule has 1 amide bonds. The van der Waals surface area contributed by atoms with Crippen molar-refractivity contribution in [3.63, 3.8) is 0 Å². The summed E-state index contributed by atoms with van der Waals surface area (Å²) in [5.74, 6) is 0.0225. The van der Waals surface area contributed by atoms with Crippen LogP contribution in [-0.2, 0) is 0 Å². The van der Waals surface area contributed by atoms with E-state index < -0.39 is 10.8 Å². The van der Waals surface area contributed by atoms with Crippen LogP contribution in [0.15, 0.2) is 36.4 Å². The third-order valence-corrected chi connectivity index (χ3v) is 4.50. The van der Waals surface area contributed by atoms with E-state index in [1.807, 2.05) is 0 Å². The lowest BCUT2D eigenvalue weighted by Gasteiger charge is -2.12. The molecule has 144 valence electrons. The monoisotopic (exact) mass is 420 g/mol. The van der Waals surface area contributed by atoms with Crippen molar-refractivity contribution in [3.05, 3.63) is 62.1 Å². The van der Waals surface area contributed by atoms with Gasteiger partial charge in [0.2, 0.25) is 10.9 Å². The maximum Gasteiger partial charge on any atom is 0.313 e. The minimum atomic E-state index is -0.598. The molecule has 0 fully saturated rings. The Bertz CT molecular complexity index is 1060. The molecule has 0 saturated carbocycles. The molecular formula is C17H13ClN4O5S. The van der Waals surface area contributed by atoms with Crippen molar-refractivity contribution < 1.29 is 19.2 Å². The molecule has 11 heteroatoms. The van der Waals surface area contributed by atoms with Gasteiger partial charge in [-0.05, 0) is 37.3 Å². The second kappa shape index (κ2) is 8.19. The van der Waals surface area contributed by atoms with Crippen LogP contribution in [0, 0.1) is 17.0 Å². The number of aromatic nitrogens is 2. The molecule has 1 aromatic heterocycles. The van der Waals surface area contributed by atoms with E-state index in [0.29, 0.717) is 10.7 Å². The molecule has 0 saturated heterocycles. The Morgan fingerprint density at radius 1 is 1.18 bits per heavy atom. The van der Waals surface area contributed by atoms with Gasteiger partial charge in [0, 0.05) is 16.7 Å². The molecule has 1 heterocycles. The maximum atomic E-state index is 12.4. The number of nitro groups is 1. The van der Waals surface area contributed by atoms with Crippen LogP contribution in [0.4, 0.5) is 10.8 Å². The number of nitrogens with one attached hydrogen (secondary N) is 1. The standard InChI is InChI=1S/C17H13ClN4O5S/c1-9-20-21-17(28-9)19-16(23)10-3-5-14(15(7-10)26-2)27-13-6-4-11(18)8-12(13)22(24)25/h3-8H,1-2H3,(H,19,21,23). The van der Waals surface area contributed by atoms with Gasteiger partial charge in [-0.15, -0.1) is 10.2 Å². The summed E-state index contributed by atoms with van der Waals surface area (Å²) in [6.45, 7) is 1.78. The molecule has 0 aliphatic heterocycles. The Kier molecular flexibility index (Phi) is 5.71. The van der Waals surface area contributed by atoms with Crippen molar-refractivity contribution >= 4 is 39.7 Å². The van der Waals surface area contributed by atoms with Crippen LogP contribution in [0.5, 0.6) is 17.2 Å². The number of benzene rings is 2. The van der Waals surface area contributed by atoms with Crippen LogP contribution < -0.4 is 14.8 Å². The Balaban J connectivity index is 1.86. The molecule has 2 aromatic carbocycles. The molecule has 3 rings (SSSR count). The molecule has 0 radical (unpaired) electrons. The molecule has 0 bridgehead atoms. The van der Waals surface area contributed by atoms with Crippen molar-refractivity contribution in [3.8, 4) is 17.2 Å². The number of nitro benzene ring substituents is 1. The highest BCUT2D eigenvalue weighted by molar-refractivity contribution is 7.15. The van der Waals surface area contributed by atoms with Crippen molar-refractivity contribution in [1.82, 2.24) is 10.2 Å². The zero-order valence-corrected chi connectivity index (χ0v) is 16.2. The number of halogens is 1. The predicted octanol–water partition coefficient (Wildman–Crippen LogP) is 4.46. The van der Waals surface area contributed by atoms with Crippen LogP contribution in [0.1, 0.15) is 15.4 Å². The number of ether oxygens (including phenoxy) is 2. The lowest BCUT2D eigenvalue weighted by Crippen LogP contribution is -2.12. The number of rotatable bonds is 6. The summed E-state index contributed by atoms with van der Waals surface area (Å²) < 4.78 is 10.9. The minimum Gasteiger partial charge on any atom is -0.493 e. The molecular weight excluding hydrogens is 408 g/mol. The Labute approximate surface area is 168 Å². The average molecular weight is 421 g/mol. The molecule has 9 nitrogen and oxygen atoms in total. The van der Waals surface area contributed by atoms with Gasteiger partial charge in [-0.2, -0.15) is 0 Å². The quantitative estimate of drug-likeness (QED) is 0.462. The largest absolute Gasteiger partial charge is 0.493 e. The summed E-state index contributed by atoms with van der Waals surface area (Å²) in [4.78, 5) is 23.0. The summed E-state index contributed by atoms with van der Waals surface area (Å²) >= 11 is 7.05. The first-order chi connectivity index (χ1) is 13.4. The second-order valence-electron chi connectivity index (χ2n) is 5.42. The normalized spacial score (nSPS) is 10.4. The van der Waals surface area contributed by atoms with E-state index in [2.05, 4.69) is 15.5 Å². The number of hydrogen-bond donors (Lipinski definition) is 1. The van der Waals surface area contributed by atoms with Gasteiger partial charge in [-0.25, -0.2) is 0 Å². The first-order valence-electron chi connectivity index (χ1n) is 7.78. The van der Waals surface area contributed by atoms with Crippen molar-refractivity contribution in [2.75, 3.05) is 12.4 Å². The number of aryl methyl sites for hydroxylation is 1. The van der Waals surface area contributed by atoms with Crippen molar-refractivity contribution in [1.29, 1.82) is 0 Å². The number of amides is 1. The molecule has 0 aliphatic carbocycles. The van der Waals surface area contributed by atoms with E-state index in [9.17, 15) is 14.9 Å². The number of hydrogen-bond acceptors (Lipinski definition) is 8. The summed E-state index contributed by atoms with van der Waals surface area (Å²) in [7, 11) is 1.40. The van der Waals surface area contributed by atoms with Gasteiger partial charge in [0.25, 0.3) is 5.91 Å². The van der Waals surface area contributed by atoms with Crippen LogP contribution in [0.3, 0.4) is 0 Å². The number of methoxy groups -OCH3 is 1. The zero-order valence-electron chi connectivity index (χ0n) is 14.6. The summed E-state index contributed by atoms with van der Waals surface area (Å²) in [5, 5.41) is 22.8. The fourth-order valence-corrected chi connectivity index (χ4v) is 3.00. The number of nitrogens with zero attached hydrogens (tertiary/aromatic N) is 3. The van der Waals surface area contributed by atoms with E-state index in [-0.39, 0.29) is 28.0 Å². The first kappa shape index (κ1) is 19.5. The number of anilines is 1. The average Bonchev–Trinajstić information content (AvgIpc) is 3.07. The third-order valence-electron chi connectivity index (χ3n) is 3.51. The first-order valence-corrected chi connectivity index (χ1v) is 8.98. The lowest BCUT2D eigenvalue weighted by molar-refractivity contribution is -0.385. The van der Waals surface area contributed by atoms with Gasteiger partial charge in [-0.3, -0.25) is 20.2 Å². The molecule has 0 aliphatic rings. The summed E-state index contributed by atoms with van der Waals surface area (Å²) in [6, 6.07) is 8.50. The SMILES string of the molecule is COc1cc(C(=O)Nc2nnc(C)s2)ccc1Oc1ccc(Cl)cc1[N+](=O)[O-]. The lowest BCUT2D eigenvalue weighted by atomic mass is 10.2. The van der Waals surface area contributed by atoms with Crippen LogP contribution in [-0.4, -0.2) is 28.1 Å². The number of carbonyl (C=O) groups is 1. The zero-order chi connectivity index (χ0) is 20.3. The maximum absolute atomic E-state index is 12.4. The third kappa shape index (κ3) is 4.35. The van der Waals surface area contributed by atoms with Crippen LogP contribution >= 0.6 is 22.9 Å². The molecule has 1 N–H and O–H groups in total. The van der Waals surface area contributed by atoms with Gasteiger partial charge in [0.15, 0.2) is 11.5 Å². The highest BCUT2D eigenvalue weighted by atomic mass is 35.5. The molecule has 3 aromatic rings. The Hall–Kier alpha value is -3.24. The van der Waals surface area contributed by atoms with Crippen molar-refractivity contribution in [2.45, 2.75) is 6.92 Å². The fraction of sp³-hybridized carbons (Fsp3) is 0.118. The van der Waals surface area contributed by atoms with E-state index in [4.69, 9.17) is 21.1 Å². The van der Waals surface area contributed by atoms with Crippen molar-refractivity contribution in [2.24, 2.45) is 0 Å². The minimum absolute atomic E-state index is 0.00534. The predicted molar refractivity (Wildman–Crippen MR) is 104 cm³/mol. The highest BCUT2D eigenvalue weighted by Gasteiger charge is 2.19. The van der Waals surface area contributed by atoms with Gasteiger partial charge >= 0.3 is 5.69 Å². The van der Waals surface area contributed by atoms with Gasteiger partial charge < -0.3 is 9.47 Å². The summed E-state index contributed by atoms with van der Waals surface area (Å²) in [6.07, 6.45) is 0. The summed E-state index contributed by atoms with van der Waals surface area (Å²) in [5.41, 5.74) is 0.00525. The van der Waals surface area contributed by atoms with E-state index >= 15 is 0 Å². The Morgan fingerprint density at radius 3 is 2.57 bits per heavy atom. The van der Waals surface area contributed by atoms with E-state index in [1.165, 1.54) is 54.8 Å². The van der Waals surface area contributed by atoms with E-state index in [0.717, 1.165) is 5.01 Å². The molecule has 0 atom stereocenters. The van der Waals surface area contributed by atoms with Crippen LogP contribution in [0.25, 0.3) is 0 Å². The smallest absolute Gasteiger partial charge is 0.313 e. The van der Waals surface area contributed by atoms with Gasteiger partial charge in [-0.1, -0.05) is 22.9 Å². The van der Waals surface area contributed by atoms with Crippen LogP contribution in [0.2, 0.25) is 5.02 Å².